The highest BCUT2D eigenvalue weighted by molar-refractivity contribution is 5.93. The van der Waals surface area contributed by atoms with Gasteiger partial charge in [0.2, 0.25) is 5.95 Å². The van der Waals surface area contributed by atoms with Crippen molar-refractivity contribution in [3.63, 3.8) is 0 Å². The van der Waals surface area contributed by atoms with Crippen molar-refractivity contribution in [2.45, 2.75) is 50.7 Å². The van der Waals surface area contributed by atoms with Crippen LogP contribution in [-0.2, 0) is 4.74 Å². The number of anilines is 1. The average Bonchev–Trinajstić information content (AvgIpc) is 3.13. The van der Waals surface area contributed by atoms with E-state index in [0.717, 1.165) is 54.3 Å². The van der Waals surface area contributed by atoms with Gasteiger partial charge in [-0.3, -0.25) is 4.79 Å². The first-order chi connectivity index (χ1) is 14.6. The molecule has 4 rings (SSSR count). The Labute approximate surface area is 176 Å². The quantitative estimate of drug-likeness (QED) is 0.580. The molecule has 1 aliphatic rings. The van der Waals surface area contributed by atoms with E-state index in [1.54, 1.807) is 7.11 Å². The van der Waals surface area contributed by atoms with E-state index in [0.29, 0.717) is 24.0 Å². The summed E-state index contributed by atoms with van der Waals surface area (Å²) in [5.74, 6) is 0.840. The highest BCUT2D eigenvalue weighted by Crippen LogP contribution is 2.38. The first-order valence-electron chi connectivity index (χ1n) is 10.5. The lowest BCUT2D eigenvalue weighted by molar-refractivity contribution is 0.112. The van der Waals surface area contributed by atoms with E-state index in [1.165, 1.54) is 0 Å². The Hall–Kier alpha value is -2.77. The van der Waals surface area contributed by atoms with Gasteiger partial charge in [-0.1, -0.05) is 24.3 Å². The summed E-state index contributed by atoms with van der Waals surface area (Å²) in [5.41, 5.74) is 4.44. The summed E-state index contributed by atoms with van der Waals surface area (Å²) in [6.07, 6.45) is 5.89. The van der Waals surface area contributed by atoms with E-state index in [2.05, 4.69) is 16.4 Å². The molecular formula is C23H28N4O3. The summed E-state index contributed by atoms with van der Waals surface area (Å²) >= 11 is 0. The van der Waals surface area contributed by atoms with Gasteiger partial charge in [-0.15, -0.1) is 5.10 Å². The summed E-state index contributed by atoms with van der Waals surface area (Å²) in [7, 11) is 1.67. The van der Waals surface area contributed by atoms with Gasteiger partial charge in [0, 0.05) is 35.9 Å². The van der Waals surface area contributed by atoms with Gasteiger partial charge in [-0.25, -0.2) is 9.50 Å². The summed E-state index contributed by atoms with van der Waals surface area (Å²) in [6, 6.07) is 9.80. The monoisotopic (exact) mass is 408 g/mol. The Bertz CT molecular complexity index is 1020. The Balaban J connectivity index is 1.81. The molecule has 0 bridgehead atoms. The Morgan fingerprint density at radius 1 is 1.27 bits per heavy atom. The molecule has 30 heavy (non-hydrogen) atoms. The third-order valence-electron chi connectivity index (χ3n) is 5.83. The second kappa shape index (κ2) is 8.93. The van der Waals surface area contributed by atoms with Crippen LogP contribution in [0.1, 0.15) is 54.6 Å². The zero-order chi connectivity index (χ0) is 21.1. The van der Waals surface area contributed by atoms with Crippen molar-refractivity contribution in [1.29, 1.82) is 0 Å². The second-order valence-electron chi connectivity index (χ2n) is 8.07. The number of methoxy groups -OCH3 is 1. The molecule has 0 radical (unpaired) electrons. The first kappa shape index (κ1) is 20.5. The van der Waals surface area contributed by atoms with E-state index in [1.807, 2.05) is 41.9 Å². The molecule has 1 atom stereocenters. The molecule has 7 nitrogen and oxygen atoms in total. The van der Waals surface area contributed by atoms with Crippen molar-refractivity contribution in [3.8, 4) is 11.1 Å². The number of hydrogen-bond acceptors (Lipinski definition) is 6. The number of aldehydes is 1. The maximum atomic E-state index is 11.6. The van der Waals surface area contributed by atoms with Crippen molar-refractivity contribution >= 4 is 17.8 Å². The van der Waals surface area contributed by atoms with Crippen molar-refractivity contribution in [1.82, 2.24) is 14.6 Å². The molecule has 1 saturated carbocycles. The SMILES string of the molecule is COC[C@H](C)Nc1ncc2c(-c3ccccc3C=O)cc(C3CCC(O)CC3)n2n1. The molecule has 1 fully saturated rings. The van der Waals surface area contributed by atoms with Crippen LogP contribution in [0.2, 0.25) is 0 Å². The van der Waals surface area contributed by atoms with Crippen molar-refractivity contribution < 1.29 is 14.6 Å². The highest BCUT2D eigenvalue weighted by Gasteiger charge is 2.26. The summed E-state index contributed by atoms with van der Waals surface area (Å²) < 4.78 is 7.15. The lowest BCUT2D eigenvalue weighted by atomic mass is 9.85. The average molecular weight is 409 g/mol. The Kier molecular flexibility index (Phi) is 6.11. The van der Waals surface area contributed by atoms with Gasteiger partial charge >= 0.3 is 0 Å². The molecule has 3 aromatic rings. The molecule has 0 aliphatic heterocycles. The maximum Gasteiger partial charge on any atom is 0.241 e. The van der Waals surface area contributed by atoms with Gasteiger partial charge in [-0.2, -0.15) is 0 Å². The Morgan fingerprint density at radius 3 is 2.77 bits per heavy atom. The molecule has 2 N–H and O–H groups in total. The standard InChI is InChI=1S/C23H28N4O3/c1-15(14-30-2)25-23-24-12-22-20(19-6-4-3-5-17(19)13-28)11-21(27(22)26-23)16-7-9-18(29)10-8-16/h3-6,11-13,15-16,18,29H,7-10,14H2,1-2H3,(H,25,26)/t15-,16?,18?/m0/s1. The smallest absolute Gasteiger partial charge is 0.241 e. The molecule has 158 valence electrons. The zero-order valence-electron chi connectivity index (χ0n) is 17.4. The van der Waals surface area contributed by atoms with Gasteiger partial charge in [0.1, 0.15) is 0 Å². The zero-order valence-corrected chi connectivity index (χ0v) is 17.4. The molecule has 0 spiro atoms. The van der Waals surface area contributed by atoms with Crippen molar-refractivity contribution in [2.75, 3.05) is 19.0 Å². The van der Waals surface area contributed by atoms with Crippen LogP contribution in [0.25, 0.3) is 16.6 Å². The summed E-state index contributed by atoms with van der Waals surface area (Å²) in [5, 5.41) is 18.0. The fraction of sp³-hybridized carbons (Fsp3) is 0.435. The van der Waals surface area contributed by atoms with Crippen LogP contribution in [0.15, 0.2) is 36.5 Å². The molecule has 7 heteroatoms. The number of ether oxygens (including phenoxy) is 1. The maximum absolute atomic E-state index is 11.6. The number of aliphatic hydroxyl groups excluding tert-OH is 1. The number of hydrogen-bond donors (Lipinski definition) is 2. The minimum Gasteiger partial charge on any atom is -0.393 e. The minimum atomic E-state index is -0.218. The van der Waals surface area contributed by atoms with Crippen LogP contribution in [-0.4, -0.2) is 51.9 Å². The summed E-state index contributed by atoms with van der Waals surface area (Å²) in [6.45, 7) is 2.57. The number of aliphatic hydroxyl groups is 1. The predicted octanol–water partition coefficient (Wildman–Crippen LogP) is 3.67. The van der Waals surface area contributed by atoms with Gasteiger partial charge in [0.05, 0.1) is 24.4 Å². The van der Waals surface area contributed by atoms with Crippen LogP contribution >= 0.6 is 0 Å². The van der Waals surface area contributed by atoms with E-state index >= 15 is 0 Å². The van der Waals surface area contributed by atoms with Gasteiger partial charge in [0.25, 0.3) is 0 Å². The van der Waals surface area contributed by atoms with Crippen LogP contribution in [0, 0.1) is 0 Å². The number of carbonyl (C=O) groups is 1. The predicted molar refractivity (Wildman–Crippen MR) is 116 cm³/mol. The number of benzene rings is 1. The van der Waals surface area contributed by atoms with E-state index < -0.39 is 0 Å². The number of nitrogens with zero attached hydrogens (tertiary/aromatic N) is 3. The number of aromatic nitrogens is 3. The van der Waals surface area contributed by atoms with Crippen LogP contribution in [0.3, 0.4) is 0 Å². The fourth-order valence-electron chi connectivity index (χ4n) is 4.32. The fourth-order valence-corrected chi connectivity index (χ4v) is 4.32. The normalized spacial score (nSPS) is 20.2. The number of fused-ring (bicyclic) bond motifs is 1. The van der Waals surface area contributed by atoms with E-state index in [-0.39, 0.29) is 12.1 Å². The van der Waals surface area contributed by atoms with Crippen LogP contribution in [0.5, 0.6) is 0 Å². The molecule has 1 aromatic carbocycles. The minimum absolute atomic E-state index is 0.0755. The van der Waals surface area contributed by atoms with Crippen LogP contribution in [0.4, 0.5) is 5.95 Å². The second-order valence-corrected chi connectivity index (χ2v) is 8.07. The Morgan fingerprint density at radius 2 is 2.03 bits per heavy atom. The van der Waals surface area contributed by atoms with Gasteiger partial charge in [-0.05, 0) is 44.2 Å². The number of nitrogens with one attached hydrogen (secondary N) is 1. The molecule has 2 heterocycles. The molecule has 2 aromatic heterocycles. The third-order valence-corrected chi connectivity index (χ3v) is 5.83. The number of carbonyl (C=O) groups excluding carboxylic acids is 1. The van der Waals surface area contributed by atoms with Crippen LogP contribution < -0.4 is 5.32 Å². The number of rotatable bonds is 7. The lowest BCUT2D eigenvalue weighted by Crippen LogP contribution is -2.23. The first-order valence-corrected chi connectivity index (χ1v) is 10.5. The largest absolute Gasteiger partial charge is 0.393 e. The summed E-state index contributed by atoms with van der Waals surface area (Å²) in [4.78, 5) is 16.1. The van der Waals surface area contributed by atoms with E-state index in [4.69, 9.17) is 9.84 Å². The van der Waals surface area contributed by atoms with E-state index in [9.17, 15) is 9.90 Å². The van der Waals surface area contributed by atoms with Crippen molar-refractivity contribution in [2.24, 2.45) is 0 Å². The van der Waals surface area contributed by atoms with Gasteiger partial charge < -0.3 is 15.2 Å². The van der Waals surface area contributed by atoms with Gasteiger partial charge in [0.15, 0.2) is 6.29 Å². The third kappa shape index (κ3) is 4.08. The highest BCUT2D eigenvalue weighted by atomic mass is 16.5. The molecule has 0 unspecified atom stereocenters. The molecule has 0 amide bonds. The molecule has 0 saturated heterocycles. The molecular weight excluding hydrogens is 380 g/mol. The topological polar surface area (TPSA) is 88.8 Å². The molecule has 1 aliphatic carbocycles. The van der Waals surface area contributed by atoms with Crippen molar-refractivity contribution in [3.05, 3.63) is 47.8 Å². The lowest BCUT2D eigenvalue weighted by Gasteiger charge is -2.25.